The fourth-order valence-electron chi connectivity index (χ4n) is 2.01. The predicted molar refractivity (Wildman–Crippen MR) is 126 cm³/mol. The normalized spacial score (nSPS) is 18.5. The van der Waals surface area contributed by atoms with E-state index in [2.05, 4.69) is 30.3 Å². The number of nitrogens with two attached hydrogens (primary N) is 1. The third-order valence-electron chi connectivity index (χ3n) is 3.36. The highest BCUT2D eigenvalue weighted by Crippen LogP contribution is 2.06. The van der Waals surface area contributed by atoms with E-state index in [1.165, 1.54) is 12.8 Å². The largest absolute Gasteiger partial charge is 0.381 e. The van der Waals surface area contributed by atoms with E-state index in [9.17, 15) is 16.8 Å². The average Bonchev–Trinajstić information content (AvgIpc) is 3.10. The molecule has 0 radical (unpaired) electrons. The molecule has 2 fully saturated rings. The van der Waals surface area contributed by atoms with Crippen LogP contribution in [0.25, 0.3) is 0 Å². The molecule has 0 atom stereocenters. The van der Waals surface area contributed by atoms with E-state index in [-0.39, 0.29) is 22.6 Å². The Morgan fingerprint density at radius 1 is 0.935 bits per heavy atom. The predicted octanol–water partition coefficient (Wildman–Crippen LogP) is 2.71. The summed E-state index contributed by atoms with van der Waals surface area (Å²) in [4.78, 5) is 0. The van der Waals surface area contributed by atoms with Crippen LogP contribution < -0.4 is 11.1 Å². The average molecular weight is 491 g/mol. The second-order valence-corrected chi connectivity index (χ2v) is 13.0. The van der Waals surface area contributed by atoms with E-state index in [1.54, 1.807) is 0 Å². The van der Waals surface area contributed by atoms with Gasteiger partial charge in [-0.3, -0.25) is 8.74 Å². The Hall–Kier alpha value is -0.300. The van der Waals surface area contributed by atoms with Gasteiger partial charge in [-0.1, -0.05) is 0 Å². The summed E-state index contributed by atoms with van der Waals surface area (Å²) >= 11 is 0. The van der Waals surface area contributed by atoms with Crippen molar-refractivity contribution >= 4 is 20.2 Å². The maximum atomic E-state index is 10.4. The molecule has 190 valence electrons. The van der Waals surface area contributed by atoms with Crippen LogP contribution in [0.4, 0.5) is 0 Å². The molecule has 0 amide bonds. The van der Waals surface area contributed by atoms with Crippen LogP contribution in [-0.2, 0) is 29.2 Å². The minimum absolute atomic E-state index is 0. The molecular formula is C20H46N2O7S2. The summed E-state index contributed by atoms with van der Waals surface area (Å²) in [5.41, 5.74) is 5.42. The number of ether oxygens (including phenoxy) is 1. The summed E-state index contributed by atoms with van der Waals surface area (Å²) in [6.07, 6.45) is 5.44. The van der Waals surface area contributed by atoms with Gasteiger partial charge in [-0.25, -0.2) is 0 Å². The first kappa shape index (κ1) is 32.9. The molecule has 0 saturated carbocycles. The quantitative estimate of drug-likeness (QED) is 0.301. The minimum atomic E-state index is -3.77. The van der Waals surface area contributed by atoms with Gasteiger partial charge in [-0.2, -0.15) is 16.8 Å². The second-order valence-electron chi connectivity index (χ2n) is 9.65. The van der Waals surface area contributed by atoms with Crippen molar-refractivity contribution < 1.29 is 30.3 Å². The van der Waals surface area contributed by atoms with Gasteiger partial charge in [0, 0.05) is 24.3 Å². The van der Waals surface area contributed by atoms with Gasteiger partial charge in [-0.15, -0.1) is 0 Å². The molecule has 31 heavy (non-hydrogen) atoms. The lowest BCUT2D eigenvalue weighted by Crippen LogP contribution is -2.36. The van der Waals surface area contributed by atoms with Crippen LogP contribution in [0, 0.1) is 0 Å². The van der Waals surface area contributed by atoms with Crippen molar-refractivity contribution in [3.63, 3.8) is 0 Å². The van der Waals surface area contributed by atoms with Gasteiger partial charge in [0.05, 0.1) is 18.1 Å². The summed E-state index contributed by atoms with van der Waals surface area (Å²) in [7, 11) is -6.85. The van der Waals surface area contributed by atoms with E-state index in [0.29, 0.717) is 13.0 Å². The van der Waals surface area contributed by atoms with Crippen molar-refractivity contribution in [2.75, 3.05) is 37.9 Å². The van der Waals surface area contributed by atoms with Crippen molar-refractivity contribution in [2.45, 2.75) is 91.1 Å². The van der Waals surface area contributed by atoms with Gasteiger partial charge in [0.15, 0.2) is 0 Å². The van der Waals surface area contributed by atoms with E-state index in [4.69, 9.17) is 15.0 Å². The van der Waals surface area contributed by atoms with Crippen molar-refractivity contribution in [1.82, 2.24) is 5.32 Å². The molecule has 0 spiro atoms. The summed E-state index contributed by atoms with van der Waals surface area (Å²) in [6.45, 7) is 15.2. The van der Waals surface area contributed by atoms with E-state index in [0.717, 1.165) is 39.0 Å². The number of unbranched alkanes of at least 4 members (excludes halogenated alkanes) is 1. The van der Waals surface area contributed by atoms with Crippen molar-refractivity contribution in [2.24, 2.45) is 5.73 Å². The van der Waals surface area contributed by atoms with Crippen molar-refractivity contribution in [3.8, 4) is 0 Å². The molecule has 0 bridgehead atoms. The highest BCUT2D eigenvalue weighted by molar-refractivity contribution is 7.86. The zero-order valence-corrected chi connectivity index (χ0v) is 21.9. The van der Waals surface area contributed by atoms with Crippen LogP contribution in [-0.4, -0.2) is 70.3 Å². The molecule has 0 aromatic rings. The molecule has 0 aromatic heterocycles. The topological polar surface area (TPSA) is 145 Å². The molecular weight excluding hydrogens is 444 g/mol. The first-order valence-corrected chi connectivity index (χ1v) is 14.0. The molecule has 2 heterocycles. The molecule has 0 unspecified atom stereocenters. The number of rotatable bonds is 5. The van der Waals surface area contributed by atoms with Gasteiger partial charge in [0.1, 0.15) is 0 Å². The lowest BCUT2D eigenvalue weighted by Gasteiger charge is -2.20. The lowest BCUT2D eigenvalue weighted by molar-refractivity contribution is 0.198. The Bertz CT molecular complexity index is 608. The molecule has 0 aromatic carbocycles. The van der Waals surface area contributed by atoms with Gasteiger partial charge >= 0.3 is 0 Å². The van der Waals surface area contributed by atoms with Crippen LogP contribution in [0.2, 0.25) is 0 Å². The molecule has 2 saturated heterocycles. The van der Waals surface area contributed by atoms with E-state index < -0.39 is 20.2 Å². The third-order valence-corrected chi connectivity index (χ3v) is 5.48. The highest BCUT2D eigenvalue weighted by atomic mass is 32.2. The second kappa shape index (κ2) is 16.3. The molecule has 11 heteroatoms. The minimum Gasteiger partial charge on any atom is -0.381 e. The highest BCUT2D eigenvalue weighted by Gasteiger charge is 2.14. The smallest absolute Gasteiger partial charge is 0.267 e. The molecule has 4 N–H and O–H groups in total. The molecule has 2 rings (SSSR count). The SMILES string of the molecule is C1CCOC1.CC(C)(C)N.CC(C)(C)NCCCCS(=O)(=O)O.O=S1(=O)CCCCO1. The maximum Gasteiger partial charge on any atom is 0.267 e. The van der Waals surface area contributed by atoms with E-state index >= 15 is 0 Å². The van der Waals surface area contributed by atoms with Crippen LogP contribution in [0.5, 0.6) is 0 Å². The van der Waals surface area contributed by atoms with Gasteiger partial charge in [0.2, 0.25) is 0 Å². The molecule has 0 aliphatic carbocycles. The lowest BCUT2D eigenvalue weighted by atomic mass is 10.1. The van der Waals surface area contributed by atoms with Gasteiger partial charge in [0.25, 0.3) is 20.2 Å². The first-order valence-electron chi connectivity index (χ1n) is 10.9. The fraction of sp³-hybridized carbons (Fsp3) is 1.00. The molecule has 2 aliphatic heterocycles. The van der Waals surface area contributed by atoms with Crippen molar-refractivity contribution in [3.05, 3.63) is 0 Å². The van der Waals surface area contributed by atoms with Crippen LogP contribution in [0.15, 0.2) is 0 Å². The van der Waals surface area contributed by atoms with Gasteiger partial charge < -0.3 is 15.8 Å². The Labute approximate surface area is 190 Å². The number of nitrogens with one attached hydrogen (secondary N) is 1. The summed E-state index contributed by atoms with van der Waals surface area (Å²) < 4.78 is 59.3. The van der Waals surface area contributed by atoms with E-state index in [1.807, 2.05) is 20.8 Å². The van der Waals surface area contributed by atoms with Gasteiger partial charge in [-0.05, 0) is 86.6 Å². The Morgan fingerprint density at radius 3 is 1.68 bits per heavy atom. The monoisotopic (exact) mass is 490 g/mol. The number of hydrogen-bond acceptors (Lipinski definition) is 8. The summed E-state index contributed by atoms with van der Waals surface area (Å²) in [6, 6.07) is 0. The summed E-state index contributed by atoms with van der Waals surface area (Å²) in [5, 5.41) is 3.23. The Balaban J connectivity index is 0. The number of hydrogen-bond donors (Lipinski definition) is 3. The summed E-state index contributed by atoms with van der Waals surface area (Å²) in [5.74, 6) is 0.0613. The van der Waals surface area contributed by atoms with Crippen LogP contribution in [0.3, 0.4) is 0 Å². The first-order chi connectivity index (χ1) is 13.9. The standard InChI is InChI=1S/C8H19NO3S.C4H11N.C4H8O3S.C4H8O/c1-8(2,3)9-6-4-5-7-13(10,11)12;1-4(2,3)5;5-8(6)4-2-1-3-7-8;1-2-4-5-3-1/h9H,4-7H2,1-3H3,(H,10,11,12);5H2,1-3H3;1-4H2;1-4H2. The zero-order valence-electron chi connectivity index (χ0n) is 20.3. The maximum absolute atomic E-state index is 10.4. The Morgan fingerprint density at radius 2 is 1.42 bits per heavy atom. The van der Waals surface area contributed by atoms with Crippen LogP contribution in [0.1, 0.15) is 80.1 Å². The molecule has 2 aliphatic rings. The Kier molecular flexibility index (Phi) is 17.3. The fourth-order valence-corrected chi connectivity index (χ4v) is 3.63. The van der Waals surface area contributed by atoms with Crippen LogP contribution >= 0.6 is 0 Å². The van der Waals surface area contributed by atoms with Crippen molar-refractivity contribution in [1.29, 1.82) is 0 Å². The third kappa shape index (κ3) is 37.4. The molecule has 9 nitrogen and oxygen atoms in total. The zero-order chi connectivity index (χ0) is 24.6.